The molecule has 1 aliphatic carbocycles. The molecule has 0 N–H and O–H groups in total. The van der Waals surface area contributed by atoms with Crippen molar-refractivity contribution in [1.82, 2.24) is 0 Å². The van der Waals surface area contributed by atoms with Crippen molar-refractivity contribution in [3.05, 3.63) is 36.2 Å². The molecule has 1 radical (unpaired) electrons. The number of nitriles is 1. The van der Waals surface area contributed by atoms with Gasteiger partial charge in [-0.15, -0.1) is 0 Å². The van der Waals surface area contributed by atoms with Crippen molar-refractivity contribution in [2.45, 2.75) is 64.2 Å². The van der Waals surface area contributed by atoms with E-state index in [1.54, 1.807) is 0 Å². The summed E-state index contributed by atoms with van der Waals surface area (Å²) in [4.78, 5) is 0. The minimum Gasteiger partial charge on any atom is -0.494 e. The normalized spacial score (nSPS) is 21.3. The van der Waals surface area contributed by atoms with E-state index in [1.165, 1.54) is 31.2 Å². The maximum Gasteiger partial charge on any atom is 0.119 e. The van der Waals surface area contributed by atoms with E-state index in [4.69, 9.17) is 10.00 Å². The summed E-state index contributed by atoms with van der Waals surface area (Å²) in [6.45, 7) is 3.06. The van der Waals surface area contributed by atoms with E-state index in [1.807, 2.05) is 0 Å². The van der Waals surface area contributed by atoms with Crippen LogP contribution >= 0.6 is 0 Å². The Labute approximate surface area is 135 Å². The molecule has 1 aromatic rings. The molecular weight excluding hydrogens is 270 g/mol. The fourth-order valence-electron chi connectivity index (χ4n) is 3.10. The first-order chi connectivity index (χ1) is 10.8. The summed E-state index contributed by atoms with van der Waals surface area (Å²) in [5, 5.41) is 8.94. The highest BCUT2D eigenvalue weighted by Gasteiger charge is 2.22. The molecule has 0 heterocycles. The van der Waals surface area contributed by atoms with E-state index in [-0.39, 0.29) is 5.92 Å². The van der Waals surface area contributed by atoms with Crippen LogP contribution in [0.3, 0.4) is 0 Å². The van der Waals surface area contributed by atoms with E-state index in [2.05, 4.69) is 43.7 Å². The highest BCUT2D eigenvalue weighted by molar-refractivity contribution is 5.30. The lowest BCUT2D eigenvalue weighted by Crippen LogP contribution is -2.12. The quantitative estimate of drug-likeness (QED) is 0.581. The molecular formula is C20H28NO. The van der Waals surface area contributed by atoms with Gasteiger partial charge in [0.1, 0.15) is 5.75 Å². The van der Waals surface area contributed by atoms with Crippen molar-refractivity contribution < 1.29 is 4.74 Å². The van der Waals surface area contributed by atoms with Gasteiger partial charge < -0.3 is 4.74 Å². The molecule has 2 heteroatoms. The summed E-state index contributed by atoms with van der Waals surface area (Å²) in [6, 6.07) is 10.9. The molecule has 0 amide bonds. The van der Waals surface area contributed by atoms with Crippen LogP contribution in [-0.4, -0.2) is 6.61 Å². The number of rotatable bonds is 8. The van der Waals surface area contributed by atoms with Crippen molar-refractivity contribution in [1.29, 1.82) is 5.26 Å². The van der Waals surface area contributed by atoms with Crippen LogP contribution in [0, 0.1) is 23.7 Å². The van der Waals surface area contributed by atoms with Crippen LogP contribution in [0.2, 0.25) is 0 Å². The minimum absolute atomic E-state index is 0.159. The third kappa shape index (κ3) is 5.37. The van der Waals surface area contributed by atoms with Crippen molar-refractivity contribution in [3.8, 4) is 11.8 Å². The van der Waals surface area contributed by atoms with Gasteiger partial charge in [-0.25, -0.2) is 0 Å². The van der Waals surface area contributed by atoms with Gasteiger partial charge in [0.05, 0.1) is 12.7 Å². The second kappa shape index (κ2) is 9.51. The first kappa shape index (κ1) is 16.9. The van der Waals surface area contributed by atoms with Crippen LogP contribution in [-0.2, 0) is 0 Å². The molecule has 119 valence electrons. The molecule has 1 aliphatic rings. The molecule has 0 saturated heterocycles. The largest absolute Gasteiger partial charge is 0.494 e. The van der Waals surface area contributed by atoms with Gasteiger partial charge in [-0.2, -0.15) is 5.26 Å². The van der Waals surface area contributed by atoms with Gasteiger partial charge in [0.25, 0.3) is 0 Å². The third-order valence-electron chi connectivity index (χ3n) is 4.57. The van der Waals surface area contributed by atoms with Crippen molar-refractivity contribution in [2.24, 2.45) is 5.92 Å². The van der Waals surface area contributed by atoms with Gasteiger partial charge >= 0.3 is 0 Å². The Morgan fingerprint density at radius 2 is 1.86 bits per heavy atom. The van der Waals surface area contributed by atoms with E-state index in [0.717, 1.165) is 38.0 Å². The number of nitrogens with zero attached hydrogens (tertiary/aromatic N) is 1. The molecule has 2 atom stereocenters. The van der Waals surface area contributed by atoms with Gasteiger partial charge in [0.2, 0.25) is 0 Å². The monoisotopic (exact) mass is 298 g/mol. The lowest BCUT2D eigenvalue weighted by atomic mass is 9.79. The average Bonchev–Trinajstić information content (AvgIpc) is 2.59. The molecule has 0 aliphatic heterocycles. The number of hydrogen-bond acceptors (Lipinski definition) is 2. The highest BCUT2D eigenvalue weighted by atomic mass is 16.5. The molecule has 0 bridgehead atoms. The first-order valence-electron chi connectivity index (χ1n) is 8.79. The topological polar surface area (TPSA) is 33.0 Å². The lowest BCUT2D eigenvalue weighted by Gasteiger charge is -2.24. The average molecular weight is 298 g/mol. The third-order valence-corrected chi connectivity index (χ3v) is 4.57. The predicted octanol–water partition coefficient (Wildman–Crippen LogP) is 5.65. The summed E-state index contributed by atoms with van der Waals surface area (Å²) in [6.07, 6.45) is 11.7. The van der Waals surface area contributed by atoms with Gasteiger partial charge in [0, 0.05) is 5.92 Å². The molecule has 2 nitrogen and oxygen atoms in total. The minimum atomic E-state index is 0.159. The standard InChI is InChI=1S/C20H28NO/c1-2-3-4-5-6-15-22-20-13-11-19(12-14-20)18-9-7-17(16-21)8-10-18/h7,11-14,17-18H,2-6,8-10,15H2,1H3/t17-,18-/m0/s1. The van der Waals surface area contributed by atoms with Crippen LogP contribution in [0.4, 0.5) is 0 Å². The number of hydrogen-bond donors (Lipinski definition) is 0. The lowest BCUT2D eigenvalue weighted by molar-refractivity contribution is 0.304. The first-order valence-corrected chi connectivity index (χ1v) is 8.79. The molecule has 0 unspecified atom stereocenters. The smallest absolute Gasteiger partial charge is 0.119 e. The van der Waals surface area contributed by atoms with E-state index >= 15 is 0 Å². The Morgan fingerprint density at radius 1 is 1.09 bits per heavy atom. The van der Waals surface area contributed by atoms with E-state index in [9.17, 15) is 0 Å². The molecule has 0 aromatic heterocycles. The zero-order valence-corrected chi connectivity index (χ0v) is 13.8. The number of ether oxygens (including phenoxy) is 1. The van der Waals surface area contributed by atoms with Crippen LogP contribution in [0.15, 0.2) is 24.3 Å². The van der Waals surface area contributed by atoms with Crippen molar-refractivity contribution in [3.63, 3.8) is 0 Å². The summed E-state index contributed by atoms with van der Waals surface area (Å²) >= 11 is 0. The van der Waals surface area contributed by atoms with Gasteiger partial charge in [-0.3, -0.25) is 0 Å². The van der Waals surface area contributed by atoms with Gasteiger partial charge in [0.15, 0.2) is 0 Å². The van der Waals surface area contributed by atoms with E-state index < -0.39 is 0 Å². The maximum atomic E-state index is 8.94. The summed E-state index contributed by atoms with van der Waals surface area (Å²) in [5.41, 5.74) is 1.38. The molecule has 2 rings (SSSR count). The van der Waals surface area contributed by atoms with Crippen molar-refractivity contribution >= 4 is 0 Å². The van der Waals surface area contributed by atoms with Crippen LogP contribution in [0.1, 0.15) is 69.8 Å². The fraction of sp³-hybridized carbons (Fsp3) is 0.600. The molecule has 1 fully saturated rings. The second-order valence-corrected chi connectivity index (χ2v) is 6.31. The van der Waals surface area contributed by atoms with E-state index in [0.29, 0.717) is 5.92 Å². The van der Waals surface area contributed by atoms with Crippen LogP contribution < -0.4 is 4.74 Å². The fourth-order valence-corrected chi connectivity index (χ4v) is 3.10. The number of benzene rings is 1. The Morgan fingerprint density at radius 3 is 2.50 bits per heavy atom. The second-order valence-electron chi connectivity index (χ2n) is 6.31. The van der Waals surface area contributed by atoms with Crippen LogP contribution in [0.5, 0.6) is 5.75 Å². The Bertz CT molecular complexity index is 452. The maximum absolute atomic E-state index is 8.94. The van der Waals surface area contributed by atoms with Gasteiger partial charge in [-0.1, -0.05) is 44.7 Å². The molecule has 22 heavy (non-hydrogen) atoms. The molecule has 1 aromatic carbocycles. The predicted molar refractivity (Wildman–Crippen MR) is 90.7 cm³/mol. The van der Waals surface area contributed by atoms with Gasteiger partial charge in [-0.05, 0) is 55.7 Å². The highest BCUT2D eigenvalue weighted by Crippen LogP contribution is 2.35. The molecule has 1 saturated carbocycles. The zero-order valence-electron chi connectivity index (χ0n) is 13.8. The van der Waals surface area contributed by atoms with Crippen LogP contribution in [0.25, 0.3) is 0 Å². The summed E-state index contributed by atoms with van der Waals surface area (Å²) in [5.74, 6) is 1.72. The Kier molecular flexibility index (Phi) is 7.30. The number of unbranched alkanes of at least 4 members (excludes halogenated alkanes) is 4. The zero-order chi connectivity index (χ0) is 15.6. The van der Waals surface area contributed by atoms with Crippen molar-refractivity contribution in [2.75, 3.05) is 6.61 Å². The SMILES string of the molecule is CCCCCCCOc1ccc([C@H]2C[CH][C@H](C#N)CC2)cc1. The molecule has 0 spiro atoms. The summed E-state index contributed by atoms with van der Waals surface area (Å²) < 4.78 is 5.81. The Hall–Kier alpha value is -1.49. The Balaban J connectivity index is 1.70. The summed E-state index contributed by atoms with van der Waals surface area (Å²) in [7, 11) is 0.